The second-order valence-electron chi connectivity index (χ2n) is 10.7. The summed E-state index contributed by atoms with van der Waals surface area (Å²) in [6.45, 7) is 7.12. The van der Waals surface area contributed by atoms with Crippen molar-refractivity contribution in [2.75, 3.05) is 12.9 Å². The van der Waals surface area contributed by atoms with Crippen molar-refractivity contribution in [1.82, 2.24) is 4.72 Å². The van der Waals surface area contributed by atoms with Gasteiger partial charge in [-0.1, -0.05) is 13.8 Å². The van der Waals surface area contributed by atoms with Gasteiger partial charge in [-0.2, -0.15) is 0 Å². The van der Waals surface area contributed by atoms with Crippen molar-refractivity contribution < 1.29 is 22.3 Å². The molecule has 160 valence electrons. The van der Waals surface area contributed by atoms with Crippen molar-refractivity contribution in [2.24, 2.45) is 22.2 Å². The number of benzene rings is 1. The zero-order chi connectivity index (χ0) is 21.2. The number of nitrogens with one attached hydrogen (secondary N) is 1. The number of carbonyl (C=O) groups is 1. The maximum absolute atomic E-state index is 14.5. The Morgan fingerprint density at radius 3 is 2.34 bits per heavy atom. The quantitative estimate of drug-likeness (QED) is 0.770. The van der Waals surface area contributed by atoms with Crippen LogP contribution in [0, 0.1) is 34.9 Å². The molecule has 0 aliphatic heterocycles. The van der Waals surface area contributed by atoms with Crippen LogP contribution in [0.5, 0.6) is 5.75 Å². The molecule has 0 spiro atoms. The molecule has 1 aromatic rings. The lowest BCUT2D eigenvalue weighted by Crippen LogP contribution is -2.56. The van der Waals surface area contributed by atoms with Crippen LogP contribution in [0.1, 0.15) is 68.3 Å². The molecule has 1 aromatic carbocycles. The maximum Gasteiger partial charge on any atom is 0.267 e. The van der Waals surface area contributed by atoms with Crippen LogP contribution < -0.4 is 9.46 Å². The van der Waals surface area contributed by atoms with E-state index in [1.807, 2.05) is 0 Å². The van der Waals surface area contributed by atoms with E-state index < -0.39 is 21.7 Å². The highest BCUT2D eigenvalue weighted by atomic mass is 32.2. The molecule has 5 rings (SSSR count). The summed E-state index contributed by atoms with van der Waals surface area (Å²) >= 11 is 0. The summed E-state index contributed by atoms with van der Waals surface area (Å²) in [5, 5.41) is 0. The van der Waals surface area contributed by atoms with Crippen LogP contribution in [-0.2, 0) is 10.0 Å². The minimum Gasteiger partial charge on any atom is -0.493 e. The summed E-state index contributed by atoms with van der Waals surface area (Å²) in [4.78, 5) is 12.0. The Morgan fingerprint density at radius 1 is 1.17 bits per heavy atom. The van der Waals surface area contributed by atoms with Crippen molar-refractivity contribution in [3.8, 4) is 5.75 Å². The average Bonchev–Trinajstić information content (AvgIpc) is 2.50. The maximum atomic E-state index is 14.5. The van der Waals surface area contributed by atoms with Crippen molar-refractivity contribution in [3.05, 3.63) is 29.1 Å². The number of carbonyl (C=O) groups excluding carboxylic acids is 1. The highest BCUT2D eigenvalue weighted by Gasteiger charge is 2.60. The van der Waals surface area contributed by atoms with Gasteiger partial charge >= 0.3 is 0 Å². The number of halogens is 1. The molecule has 0 radical (unpaired) electrons. The number of amides is 1. The Hall–Kier alpha value is -1.63. The molecule has 0 aromatic heterocycles. The van der Waals surface area contributed by atoms with Gasteiger partial charge in [0, 0.05) is 11.5 Å². The molecule has 2 atom stereocenters. The van der Waals surface area contributed by atoms with Gasteiger partial charge in [-0.25, -0.2) is 17.5 Å². The molecule has 5 nitrogen and oxygen atoms in total. The van der Waals surface area contributed by atoms with Crippen LogP contribution in [0.15, 0.2) is 12.1 Å². The lowest BCUT2D eigenvalue weighted by molar-refractivity contribution is -0.156. The van der Waals surface area contributed by atoms with E-state index in [1.165, 1.54) is 37.8 Å². The van der Waals surface area contributed by atoms with Crippen molar-refractivity contribution >= 4 is 15.9 Å². The van der Waals surface area contributed by atoms with Gasteiger partial charge in [0.1, 0.15) is 11.6 Å². The Kier molecular flexibility index (Phi) is 4.58. The van der Waals surface area contributed by atoms with Gasteiger partial charge in [-0.05, 0) is 73.8 Å². The molecule has 4 aliphatic carbocycles. The van der Waals surface area contributed by atoms with E-state index in [1.54, 1.807) is 11.6 Å². The predicted molar refractivity (Wildman–Crippen MR) is 109 cm³/mol. The fourth-order valence-electron chi connectivity index (χ4n) is 7.29. The van der Waals surface area contributed by atoms with Crippen LogP contribution in [0.2, 0.25) is 0 Å². The Labute approximate surface area is 172 Å². The first-order chi connectivity index (χ1) is 13.3. The topological polar surface area (TPSA) is 72.5 Å². The third-order valence-electron chi connectivity index (χ3n) is 7.06. The molecule has 4 aliphatic rings. The fourth-order valence-corrected chi connectivity index (χ4v) is 7.74. The minimum atomic E-state index is -3.76. The van der Waals surface area contributed by atoms with Crippen molar-refractivity contribution in [2.45, 2.75) is 59.3 Å². The SMILES string of the molecule is Cc1cc(C(=O)NS(C)(=O)=O)c(F)cc1OCC12CC3CC(C)(CC(C)(C3)C1)C2. The van der Waals surface area contributed by atoms with Crippen molar-refractivity contribution in [1.29, 1.82) is 0 Å². The van der Waals surface area contributed by atoms with E-state index in [-0.39, 0.29) is 11.0 Å². The van der Waals surface area contributed by atoms with Gasteiger partial charge < -0.3 is 4.74 Å². The van der Waals surface area contributed by atoms with E-state index >= 15 is 0 Å². The number of sulfonamides is 1. The zero-order valence-electron chi connectivity index (χ0n) is 17.6. The Morgan fingerprint density at radius 2 is 1.79 bits per heavy atom. The van der Waals surface area contributed by atoms with E-state index in [4.69, 9.17) is 4.74 Å². The van der Waals surface area contributed by atoms with Gasteiger partial charge in [0.2, 0.25) is 10.0 Å². The zero-order valence-corrected chi connectivity index (χ0v) is 18.4. The minimum absolute atomic E-state index is 0.137. The molecule has 4 saturated carbocycles. The summed E-state index contributed by atoms with van der Waals surface area (Å²) in [5.41, 5.74) is 1.22. The second kappa shape index (κ2) is 6.43. The van der Waals surface area contributed by atoms with E-state index in [2.05, 4.69) is 13.8 Å². The monoisotopic (exact) mass is 423 g/mol. The number of hydrogen-bond donors (Lipinski definition) is 1. The lowest BCUT2D eigenvalue weighted by Gasteiger charge is -2.65. The molecular formula is C22H30FNO4S. The van der Waals surface area contributed by atoms with Crippen LogP contribution in [0.3, 0.4) is 0 Å². The van der Waals surface area contributed by atoms with E-state index in [0.717, 1.165) is 25.0 Å². The third kappa shape index (κ3) is 4.03. The Balaban J connectivity index is 1.52. The summed E-state index contributed by atoms with van der Waals surface area (Å²) < 4.78 is 45.0. The second-order valence-corrected chi connectivity index (χ2v) is 12.5. The fraction of sp³-hybridized carbons (Fsp3) is 0.682. The molecule has 0 heterocycles. The normalized spacial score (nSPS) is 35.6. The van der Waals surface area contributed by atoms with Gasteiger partial charge in [0.15, 0.2) is 0 Å². The van der Waals surface area contributed by atoms with E-state index in [9.17, 15) is 17.6 Å². The molecule has 4 fully saturated rings. The standard InChI is InChI=1S/C22H30FNO4S/c1-14-5-16(19(25)24-29(4,26)27)17(23)6-18(14)28-13-22-9-15-7-20(2,11-22)10-21(3,8-15)12-22/h5-6,15H,7-13H2,1-4H3,(H,24,25). The molecule has 7 heteroatoms. The summed E-state index contributed by atoms with van der Waals surface area (Å²) in [6, 6.07) is 2.56. The van der Waals surface area contributed by atoms with Crippen molar-refractivity contribution in [3.63, 3.8) is 0 Å². The van der Waals surface area contributed by atoms with Gasteiger partial charge in [-0.15, -0.1) is 0 Å². The smallest absolute Gasteiger partial charge is 0.267 e. The van der Waals surface area contributed by atoms with Crippen LogP contribution in [0.4, 0.5) is 4.39 Å². The van der Waals surface area contributed by atoms with Crippen LogP contribution in [-0.4, -0.2) is 27.2 Å². The molecule has 29 heavy (non-hydrogen) atoms. The molecule has 4 bridgehead atoms. The van der Waals surface area contributed by atoms with E-state index in [0.29, 0.717) is 28.7 Å². The Bertz CT molecular complexity index is 955. The first-order valence-electron chi connectivity index (χ1n) is 10.2. The number of ether oxygens (including phenoxy) is 1. The largest absolute Gasteiger partial charge is 0.493 e. The predicted octanol–water partition coefficient (Wildman–Crippen LogP) is 4.20. The highest BCUT2D eigenvalue weighted by molar-refractivity contribution is 7.89. The van der Waals surface area contributed by atoms with Crippen LogP contribution >= 0.6 is 0 Å². The molecule has 1 N–H and O–H groups in total. The van der Waals surface area contributed by atoms with Gasteiger partial charge in [0.25, 0.3) is 5.91 Å². The van der Waals surface area contributed by atoms with Gasteiger partial charge in [-0.3, -0.25) is 4.79 Å². The summed E-state index contributed by atoms with van der Waals surface area (Å²) in [5.74, 6) is -0.577. The molecular weight excluding hydrogens is 393 g/mol. The van der Waals surface area contributed by atoms with Crippen LogP contribution in [0.25, 0.3) is 0 Å². The highest BCUT2D eigenvalue weighted by Crippen LogP contribution is 2.69. The first-order valence-corrected chi connectivity index (χ1v) is 12.1. The van der Waals surface area contributed by atoms with Gasteiger partial charge in [0.05, 0.1) is 18.4 Å². The molecule has 0 saturated heterocycles. The molecule has 2 unspecified atom stereocenters. The number of hydrogen-bond acceptors (Lipinski definition) is 4. The third-order valence-corrected chi connectivity index (χ3v) is 7.62. The average molecular weight is 424 g/mol. The molecule has 1 amide bonds. The summed E-state index contributed by atoms with van der Waals surface area (Å²) in [6.07, 6.45) is 8.25. The number of aryl methyl sites for hydroxylation is 1. The summed E-state index contributed by atoms with van der Waals surface area (Å²) in [7, 11) is -3.76. The number of rotatable bonds is 5. The first kappa shape index (κ1) is 20.6. The lowest BCUT2D eigenvalue weighted by atomic mass is 9.40.